The summed E-state index contributed by atoms with van der Waals surface area (Å²) in [5.41, 5.74) is -4.15. The third-order valence-electron chi connectivity index (χ3n) is 2.45. The molecule has 5 heteroatoms. The highest BCUT2D eigenvalue weighted by Crippen LogP contribution is 2.50. The van der Waals surface area contributed by atoms with Crippen LogP contribution in [0.2, 0.25) is 0 Å². The average molecular weight is 271 g/mol. The van der Waals surface area contributed by atoms with Crippen molar-refractivity contribution >= 4 is 20.6 Å². The van der Waals surface area contributed by atoms with Gasteiger partial charge in [-0.25, -0.2) is 0 Å². The standard InChI is InChI=1S/C12H12F3S.CN/c1-2-5-10-8-9-6-3-4-7-11(9)16(10)12(13,14)15;1-2/h3-4,6-8H,2,5H2,1H3;/q+1;-1. The Morgan fingerprint density at radius 1 is 1.22 bits per heavy atom. The number of alkyl halides is 3. The highest BCUT2D eigenvalue weighted by atomic mass is 32.2. The molecule has 1 atom stereocenters. The third-order valence-corrected chi connectivity index (χ3v) is 4.57. The summed E-state index contributed by atoms with van der Waals surface area (Å²) < 4.78 is 39.4. The summed E-state index contributed by atoms with van der Waals surface area (Å²) in [5, 5.41) is 6.98. The van der Waals surface area contributed by atoms with Gasteiger partial charge in [0.05, 0.1) is 10.5 Å². The van der Waals surface area contributed by atoms with Crippen molar-refractivity contribution in [1.82, 2.24) is 0 Å². The van der Waals surface area contributed by atoms with Crippen molar-refractivity contribution in [3.05, 3.63) is 41.8 Å². The van der Waals surface area contributed by atoms with Crippen LogP contribution in [0.15, 0.2) is 30.3 Å². The molecule has 0 N–H and O–H groups in total. The highest BCUT2D eigenvalue weighted by Gasteiger charge is 2.47. The van der Waals surface area contributed by atoms with E-state index in [4.69, 9.17) is 11.8 Å². The molecule has 1 aromatic heterocycles. The number of nitrogens with zero attached hydrogens (tertiary/aromatic N) is 1. The summed E-state index contributed by atoms with van der Waals surface area (Å²) in [7, 11) is -1.70. The number of benzene rings is 1. The second-order valence-electron chi connectivity index (χ2n) is 3.65. The Bertz CT molecular complexity index is 540. The van der Waals surface area contributed by atoms with Gasteiger partial charge < -0.3 is 11.8 Å². The molecule has 1 aromatic carbocycles. The first-order valence-corrected chi connectivity index (χ1v) is 6.59. The zero-order valence-corrected chi connectivity index (χ0v) is 10.6. The first-order chi connectivity index (χ1) is 8.54. The van der Waals surface area contributed by atoms with Crippen molar-refractivity contribution in [2.45, 2.75) is 25.3 Å². The fourth-order valence-electron chi connectivity index (χ4n) is 1.85. The van der Waals surface area contributed by atoms with Gasteiger partial charge >= 0.3 is 5.51 Å². The maximum atomic E-state index is 13.0. The lowest BCUT2D eigenvalue weighted by Gasteiger charge is -1.98. The van der Waals surface area contributed by atoms with Crippen LogP contribution in [-0.2, 0) is 11.9 Å². The molecule has 1 heterocycles. The van der Waals surface area contributed by atoms with Crippen LogP contribution in [-0.4, -0.2) is 0 Å². The molecule has 0 spiro atoms. The van der Waals surface area contributed by atoms with Gasteiger partial charge in [0.15, 0.2) is 9.58 Å². The van der Waals surface area contributed by atoms with Crippen molar-refractivity contribution < 1.29 is 13.2 Å². The van der Waals surface area contributed by atoms with Gasteiger partial charge in [-0.05, 0) is 18.6 Å². The third kappa shape index (κ3) is 2.82. The van der Waals surface area contributed by atoms with E-state index < -0.39 is 16.0 Å². The smallest absolute Gasteiger partial charge is 0.512 e. The zero-order valence-electron chi connectivity index (χ0n) is 9.79. The molecular weight excluding hydrogens is 259 g/mol. The number of hydrogen-bond acceptors (Lipinski definition) is 1. The van der Waals surface area contributed by atoms with Crippen LogP contribution in [0.4, 0.5) is 13.2 Å². The van der Waals surface area contributed by atoms with E-state index in [1.165, 1.54) is 0 Å². The van der Waals surface area contributed by atoms with E-state index in [9.17, 15) is 13.2 Å². The van der Waals surface area contributed by atoms with Crippen molar-refractivity contribution in [2.24, 2.45) is 0 Å². The second kappa shape index (κ2) is 5.87. The zero-order chi connectivity index (χ0) is 13.8. The summed E-state index contributed by atoms with van der Waals surface area (Å²) in [4.78, 5) is 0.524. The minimum Gasteiger partial charge on any atom is -0.512 e. The van der Waals surface area contributed by atoms with Gasteiger partial charge in [-0.15, -0.1) is 13.2 Å². The molecule has 1 nitrogen and oxygen atoms in total. The molecule has 0 radical (unpaired) electrons. The molecule has 0 aliphatic heterocycles. The lowest BCUT2D eigenvalue weighted by molar-refractivity contribution is -0.0867. The van der Waals surface area contributed by atoms with E-state index in [-0.39, 0.29) is 0 Å². The van der Waals surface area contributed by atoms with Gasteiger partial charge in [0.1, 0.15) is 0 Å². The van der Waals surface area contributed by atoms with Gasteiger partial charge in [0.25, 0.3) is 0 Å². The van der Waals surface area contributed by atoms with E-state index in [2.05, 4.69) is 0 Å². The number of aryl methyl sites for hydroxylation is 1. The molecule has 1 unspecified atom stereocenters. The summed E-state index contributed by atoms with van der Waals surface area (Å²) in [6.07, 6.45) is 1.27. The Morgan fingerprint density at radius 2 is 1.83 bits per heavy atom. The fraction of sp³-hybridized carbons (Fsp3) is 0.308. The number of fused-ring (bicyclic) bond motifs is 1. The largest absolute Gasteiger partial charge is 0.600 e. The first kappa shape index (κ1) is 14.5. The SMILES string of the molecule is CCCc1cc2ccccc2[s+]1C(F)(F)F.[C-]#N. The minimum atomic E-state index is -4.15. The molecule has 0 bridgehead atoms. The van der Waals surface area contributed by atoms with E-state index in [1.54, 1.807) is 30.3 Å². The van der Waals surface area contributed by atoms with Crippen LogP contribution in [0.3, 0.4) is 0 Å². The molecule has 2 aromatic rings. The predicted octanol–water partition coefficient (Wildman–Crippen LogP) is 5.11. The van der Waals surface area contributed by atoms with Crippen LogP contribution in [0.5, 0.6) is 0 Å². The van der Waals surface area contributed by atoms with E-state index in [0.29, 0.717) is 16.0 Å². The summed E-state index contributed by atoms with van der Waals surface area (Å²) in [6.45, 7) is 6.65. The van der Waals surface area contributed by atoms with Crippen LogP contribution in [0, 0.1) is 11.8 Å². The lowest BCUT2D eigenvalue weighted by atomic mass is 10.2. The van der Waals surface area contributed by atoms with Crippen LogP contribution in [0.25, 0.3) is 10.1 Å². The Kier molecular flexibility index (Phi) is 4.74. The van der Waals surface area contributed by atoms with Crippen molar-refractivity contribution in [2.75, 3.05) is 0 Å². The maximum absolute atomic E-state index is 13.0. The summed E-state index contributed by atoms with van der Waals surface area (Å²) >= 11 is 0. The molecule has 0 saturated heterocycles. The highest BCUT2D eigenvalue weighted by molar-refractivity contribution is 7.38. The Labute approximate surface area is 106 Å². The monoisotopic (exact) mass is 271 g/mol. The number of hydrogen-bond donors (Lipinski definition) is 0. The topological polar surface area (TPSA) is 23.8 Å². The molecule has 96 valence electrons. The number of halogens is 3. The second-order valence-corrected chi connectivity index (χ2v) is 5.69. The summed E-state index contributed by atoms with van der Waals surface area (Å²) in [6, 6.07) is 8.50. The quantitative estimate of drug-likeness (QED) is 0.549. The van der Waals surface area contributed by atoms with Gasteiger partial charge in [0.2, 0.25) is 0 Å². The van der Waals surface area contributed by atoms with Gasteiger partial charge in [-0.3, -0.25) is 0 Å². The molecule has 0 aliphatic carbocycles. The normalized spacial score (nSPS) is 12.0. The maximum Gasteiger partial charge on any atom is 0.600 e. The van der Waals surface area contributed by atoms with Gasteiger partial charge in [-0.1, -0.05) is 19.1 Å². The molecule has 0 amide bonds. The van der Waals surface area contributed by atoms with E-state index in [1.807, 2.05) is 6.92 Å². The van der Waals surface area contributed by atoms with Crippen LogP contribution < -0.4 is 0 Å². The Hall–Kier alpha value is -1.54. The van der Waals surface area contributed by atoms with Crippen molar-refractivity contribution in [3.8, 4) is 0 Å². The Balaban J connectivity index is 0.000000771. The van der Waals surface area contributed by atoms with Crippen LogP contribution in [0.1, 0.15) is 18.2 Å². The fourth-order valence-corrected chi connectivity index (χ4v) is 3.91. The van der Waals surface area contributed by atoms with Crippen molar-refractivity contribution in [3.63, 3.8) is 0 Å². The van der Waals surface area contributed by atoms with Crippen LogP contribution >= 0.6 is 10.5 Å². The molecular formula is C13H12F3NS. The van der Waals surface area contributed by atoms with E-state index >= 15 is 0 Å². The predicted molar refractivity (Wildman–Crippen MR) is 66.7 cm³/mol. The number of thiophene rings is 1. The molecule has 2 rings (SSSR count). The summed E-state index contributed by atoms with van der Waals surface area (Å²) in [5.74, 6) is 0. The average Bonchev–Trinajstić information content (AvgIpc) is 2.69. The molecule has 0 aliphatic rings. The molecule has 0 fully saturated rings. The lowest BCUT2D eigenvalue weighted by Crippen LogP contribution is -1.97. The van der Waals surface area contributed by atoms with Gasteiger partial charge in [-0.2, -0.15) is 0 Å². The first-order valence-electron chi connectivity index (χ1n) is 5.37. The molecule has 18 heavy (non-hydrogen) atoms. The van der Waals surface area contributed by atoms with Crippen molar-refractivity contribution in [1.29, 1.82) is 5.26 Å². The molecule has 0 saturated carbocycles. The number of rotatable bonds is 2. The van der Waals surface area contributed by atoms with E-state index in [0.717, 1.165) is 11.8 Å². The minimum absolute atomic E-state index is 0.429. The Morgan fingerprint density at radius 3 is 2.39 bits per heavy atom. The van der Waals surface area contributed by atoms with Gasteiger partial charge in [0, 0.05) is 17.9 Å².